The normalized spacial score (nSPS) is 13.6. The molecule has 0 spiro atoms. The second-order valence-corrected chi connectivity index (χ2v) is 11.6. The zero-order valence-electron chi connectivity index (χ0n) is 19.2. The van der Waals surface area contributed by atoms with Crippen molar-refractivity contribution < 1.29 is 23.6 Å². The molecule has 1 atom stereocenters. The topological polar surface area (TPSA) is 159 Å². The Bertz CT molecular complexity index is 1210. The van der Waals surface area contributed by atoms with Crippen molar-refractivity contribution in [1.82, 2.24) is 9.71 Å². The highest BCUT2D eigenvalue weighted by Gasteiger charge is 2.29. The molecule has 1 heterocycles. The Kier molecular flexibility index (Phi) is 7.86. The number of hydrogen-bond acceptors (Lipinski definition) is 8. The summed E-state index contributed by atoms with van der Waals surface area (Å²) in [6.07, 6.45) is 0. The van der Waals surface area contributed by atoms with Crippen molar-refractivity contribution in [1.29, 1.82) is 10.0 Å². The van der Waals surface area contributed by atoms with Gasteiger partial charge in [-0.1, -0.05) is 27.7 Å². The molecule has 0 aliphatic rings. The van der Waals surface area contributed by atoms with Crippen molar-refractivity contribution in [3.8, 4) is 6.07 Å². The number of nitrogens with zero attached hydrogens (tertiary/aromatic N) is 2. The highest BCUT2D eigenvalue weighted by Crippen LogP contribution is 2.37. The van der Waals surface area contributed by atoms with E-state index in [4.69, 9.17) is 4.78 Å². The van der Waals surface area contributed by atoms with E-state index in [1.54, 1.807) is 13.8 Å². The van der Waals surface area contributed by atoms with E-state index in [0.717, 1.165) is 11.3 Å². The fourth-order valence-corrected chi connectivity index (χ4v) is 5.65. The second-order valence-electron chi connectivity index (χ2n) is 8.62. The summed E-state index contributed by atoms with van der Waals surface area (Å²) in [5.74, 6) is -1.32. The number of amides is 2. The first kappa shape index (κ1) is 26.7. The molecular formula is C21H28FN5O4S2. The fraction of sp³-hybridized carbons (Fsp3) is 0.476. The first-order valence-corrected chi connectivity index (χ1v) is 12.5. The summed E-state index contributed by atoms with van der Waals surface area (Å²) in [6, 6.07) is 2.16. The van der Waals surface area contributed by atoms with Gasteiger partial charge in [-0.25, -0.2) is 27.9 Å². The van der Waals surface area contributed by atoms with E-state index in [2.05, 4.69) is 15.0 Å². The van der Waals surface area contributed by atoms with Crippen LogP contribution in [0.4, 0.5) is 14.9 Å². The Morgan fingerprint density at radius 1 is 1.36 bits per heavy atom. The molecule has 0 aliphatic carbocycles. The zero-order valence-corrected chi connectivity index (χ0v) is 20.9. The number of hydrogen-bond donors (Lipinski definition) is 5. The number of aromatic nitrogens is 1. The van der Waals surface area contributed by atoms with Crippen molar-refractivity contribution in [3.05, 3.63) is 39.3 Å². The lowest BCUT2D eigenvalue weighted by Gasteiger charge is -2.22. The van der Waals surface area contributed by atoms with E-state index in [0.29, 0.717) is 5.56 Å². The molecule has 2 amide bonds. The molecule has 1 aromatic carbocycles. The Morgan fingerprint density at radius 3 is 2.42 bits per heavy atom. The molecule has 0 aliphatic heterocycles. The van der Waals surface area contributed by atoms with Gasteiger partial charge in [-0.15, -0.1) is 11.3 Å². The number of aliphatic hydroxyl groups is 2. The zero-order chi connectivity index (χ0) is 25.3. The van der Waals surface area contributed by atoms with Crippen LogP contribution in [0.5, 0.6) is 0 Å². The SMILES string of the molecule is CC(C)c1cc(C#N)c(F)c(C(C)C)c1NC(=O)N[S@@](=N)(=O)c1sc(C(C)(C)O)nc1CO. The summed E-state index contributed by atoms with van der Waals surface area (Å²) in [7, 11) is -3.97. The molecule has 5 N–H and O–H groups in total. The number of halogens is 1. The maximum absolute atomic E-state index is 14.9. The Morgan fingerprint density at radius 2 is 1.97 bits per heavy atom. The highest BCUT2D eigenvalue weighted by atomic mass is 32.2. The van der Waals surface area contributed by atoms with Crippen LogP contribution in [0.15, 0.2) is 10.3 Å². The number of thiazole rings is 1. The molecule has 0 radical (unpaired) electrons. The molecule has 12 heteroatoms. The number of carbonyl (C=O) groups is 1. The summed E-state index contributed by atoms with van der Waals surface area (Å²) in [4.78, 5) is 16.8. The second kappa shape index (κ2) is 9.72. The molecule has 0 saturated heterocycles. The van der Waals surface area contributed by atoms with Crippen LogP contribution >= 0.6 is 11.3 Å². The molecular weight excluding hydrogens is 469 g/mol. The van der Waals surface area contributed by atoms with Gasteiger partial charge in [0.15, 0.2) is 9.92 Å². The number of anilines is 1. The molecule has 0 unspecified atom stereocenters. The van der Waals surface area contributed by atoms with Gasteiger partial charge in [-0.3, -0.25) is 0 Å². The van der Waals surface area contributed by atoms with Gasteiger partial charge in [0.05, 0.1) is 23.6 Å². The molecule has 2 aromatic rings. The van der Waals surface area contributed by atoms with E-state index in [9.17, 15) is 28.9 Å². The molecule has 0 saturated carbocycles. The number of carbonyl (C=O) groups excluding carboxylic acids is 1. The van der Waals surface area contributed by atoms with Crippen molar-refractivity contribution >= 4 is 33.0 Å². The van der Waals surface area contributed by atoms with Crippen LogP contribution in [0.3, 0.4) is 0 Å². The maximum Gasteiger partial charge on any atom is 0.331 e. The summed E-state index contributed by atoms with van der Waals surface area (Å²) in [6.45, 7) is 9.31. The average Bonchev–Trinajstić information content (AvgIpc) is 3.13. The summed E-state index contributed by atoms with van der Waals surface area (Å²) < 4.78 is 38.1. The lowest BCUT2D eigenvalue weighted by molar-refractivity contribution is 0.0779. The van der Waals surface area contributed by atoms with Gasteiger partial charge in [-0.05, 0) is 37.3 Å². The molecule has 180 valence electrons. The summed E-state index contributed by atoms with van der Waals surface area (Å²) >= 11 is 0.747. The van der Waals surface area contributed by atoms with E-state index in [-0.39, 0.29) is 43.6 Å². The Balaban J connectivity index is 2.49. The quantitative estimate of drug-likeness (QED) is 0.384. The van der Waals surface area contributed by atoms with Crippen LogP contribution in [0.2, 0.25) is 0 Å². The van der Waals surface area contributed by atoms with E-state index < -0.39 is 34.0 Å². The van der Waals surface area contributed by atoms with Crippen molar-refractivity contribution in [3.63, 3.8) is 0 Å². The van der Waals surface area contributed by atoms with E-state index in [1.165, 1.54) is 19.9 Å². The number of aliphatic hydroxyl groups excluding tert-OH is 1. The lowest BCUT2D eigenvalue weighted by Crippen LogP contribution is -2.34. The van der Waals surface area contributed by atoms with Gasteiger partial charge in [0.25, 0.3) is 0 Å². The minimum Gasteiger partial charge on any atom is -0.390 e. The number of nitrogens with one attached hydrogen (secondary N) is 3. The highest BCUT2D eigenvalue weighted by molar-refractivity contribution is 7.93. The molecule has 9 nitrogen and oxygen atoms in total. The van der Waals surface area contributed by atoms with Crippen molar-refractivity contribution in [2.45, 2.75) is 69.8 Å². The average molecular weight is 498 g/mol. The smallest absolute Gasteiger partial charge is 0.331 e. The number of benzene rings is 1. The third kappa shape index (κ3) is 5.67. The van der Waals surface area contributed by atoms with Crippen LogP contribution in [-0.4, -0.2) is 25.4 Å². The standard InChI is InChI=1S/C21H28FN5O4S2/c1-10(2)13-7-12(8-23)16(22)15(11(3)4)17(13)26-20(29)27-33(24,31)18-14(9-28)25-19(32-18)21(5,6)30/h7,10-11,28,30H,9H2,1-6H3,(H3,24,26,27,29,31)/t33-/m1/s1. The van der Waals surface area contributed by atoms with Gasteiger partial charge in [-0.2, -0.15) is 5.26 Å². The fourth-order valence-electron chi connectivity index (χ4n) is 3.16. The lowest BCUT2D eigenvalue weighted by atomic mass is 9.90. The largest absolute Gasteiger partial charge is 0.390 e. The summed E-state index contributed by atoms with van der Waals surface area (Å²) in [5, 5.41) is 31.6. The first-order valence-electron chi connectivity index (χ1n) is 10.1. The first-order chi connectivity index (χ1) is 15.1. The van der Waals surface area contributed by atoms with E-state index >= 15 is 0 Å². The van der Waals surface area contributed by atoms with Crippen LogP contribution in [0, 0.1) is 21.9 Å². The molecule has 2 rings (SSSR count). The summed E-state index contributed by atoms with van der Waals surface area (Å²) in [5.41, 5.74) is -0.846. The van der Waals surface area contributed by atoms with Gasteiger partial charge < -0.3 is 15.5 Å². The van der Waals surface area contributed by atoms with Crippen molar-refractivity contribution in [2.75, 3.05) is 5.32 Å². The molecule has 33 heavy (non-hydrogen) atoms. The van der Waals surface area contributed by atoms with Crippen LogP contribution < -0.4 is 10.0 Å². The number of rotatable bonds is 7. The van der Waals surface area contributed by atoms with Gasteiger partial charge in [0, 0.05) is 5.56 Å². The van der Waals surface area contributed by atoms with Gasteiger partial charge >= 0.3 is 6.03 Å². The molecule has 0 bridgehead atoms. The van der Waals surface area contributed by atoms with Crippen LogP contribution in [0.1, 0.15) is 80.8 Å². The van der Waals surface area contributed by atoms with Crippen LogP contribution in [-0.2, 0) is 22.1 Å². The predicted octanol–water partition coefficient (Wildman–Crippen LogP) is 4.26. The minimum atomic E-state index is -3.97. The van der Waals surface area contributed by atoms with Gasteiger partial charge in [0.2, 0.25) is 0 Å². The maximum atomic E-state index is 14.9. The third-order valence-corrected chi connectivity index (χ3v) is 8.11. The molecule has 0 fully saturated rings. The number of nitriles is 1. The van der Waals surface area contributed by atoms with E-state index in [1.807, 2.05) is 19.9 Å². The van der Waals surface area contributed by atoms with Crippen molar-refractivity contribution in [2.24, 2.45) is 0 Å². The van der Waals surface area contributed by atoms with Gasteiger partial charge in [0.1, 0.15) is 26.7 Å². The number of urea groups is 1. The Labute approximate surface area is 196 Å². The Hall–Kier alpha value is -2.59. The minimum absolute atomic E-state index is 0.0902. The predicted molar refractivity (Wildman–Crippen MR) is 124 cm³/mol. The monoisotopic (exact) mass is 497 g/mol. The van der Waals surface area contributed by atoms with Crippen LogP contribution in [0.25, 0.3) is 0 Å². The molecule has 1 aromatic heterocycles. The third-order valence-electron chi connectivity index (χ3n) is 4.72.